The van der Waals surface area contributed by atoms with Crippen molar-refractivity contribution < 1.29 is 22.7 Å². The molecule has 2 aromatic carbocycles. The van der Waals surface area contributed by atoms with E-state index in [1.54, 1.807) is 32.9 Å². The number of aryl methyl sites for hydroxylation is 1. The largest absolute Gasteiger partial charge is 0.488 e. The molecule has 0 aliphatic carbocycles. The molecule has 0 unspecified atom stereocenters. The van der Waals surface area contributed by atoms with Gasteiger partial charge in [0.15, 0.2) is 11.5 Å². The van der Waals surface area contributed by atoms with Gasteiger partial charge in [0.2, 0.25) is 10.0 Å². The van der Waals surface area contributed by atoms with E-state index < -0.39 is 10.0 Å². The minimum atomic E-state index is -3.64. The molecule has 7 nitrogen and oxygen atoms in total. The van der Waals surface area contributed by atoms with Gasteiger partial charge in [-0.15, -0.1) is 0 Å². The van der Waals surface area contributed by atoms with Crippen LogP contribution in [-0.4, -0.2) is 50.5 Å². The SMILES string of the molecule is CCN(CC)S(=O)(=O)c1ccc(C)c(C(=O)NCCOc2cccc3c2OC(C)(C)C3)c1. The lowest BCUT2D eigenvalue weighted by atomic mass is 10.0. The first-order valence-electron chi connectivity index (χ1n) is 10.9. The number of carbonyl (C=O) groups excluding carboxylic acids is 1. The number of rotatable bonds is 9. The number of fused-ring (bicyclic) bond motifs is 1. The predicted octanol–water partition coefficient (Wildman–Crippen LogP) is 3.55. The van der Waals surface area contributed by atoms with Crippen molar-refractivity contribution in [2.45, 2.75) is 51.5 Å². The number of para-hydroxylation sites is 1. The molecule has 2 aromatic rings. The molecule has 3 rings (SSSR count). The Bertz CT molecular complexity index is 1090. The van der Waals surface area contributed by atoms with Gasteiger partial charge in [0.25, 0.3) is 5.91 Å². The van der Waals surface area contributed by atoms with E-state index in [2.05, 4.69) is 5.32 Å². The van der Waals surface area contributed by atoms with E-state index in [4.69, 9.17) is 9.47 Å². The van der Waals surface area contributed by atoms with Gasteiger partial charge in [-0.25, -0.2) is 8.42 Å². The first-order valence-corrected chi connectivity index (χ1v) is 12.4. The van der Waals surface area contributed by atoms with Crippen LogP contribution in [0.2, 0.25) is 0 Å². The average Bonchev–Trinajstić information content (AvgIpc) is 3.06. The molecular formula is C24H32N2O5S. The Morgan fingerprint density at radius 1 is 1.19 bits per heavy atom. The smallest absolute Gasteiger partial charge is 0.251 e. The summed E-state index contributed by atoms with van der Waals surface area (Å²) in [6.45, 7) is 10.7. The second kappa shape index (κ2) is 9.50. The molecule has 0 saturated heterocycles. The number of sulfonamides is 1. The van der Waals surface area contributed by atoms with Gasteiger partial charge in [0, 0.05) is 30.6 Å². The van der Waals surface area contributed by atoms with E-state index in [0.29, 0.717) is 30.0 Å². The molecule has 1 heterocycles. The Kier molecular flexibility index (Phi) is 7.15. The van der Waals surface area contributed by atoms with Gasteiger partial charge < -0.3 is 14.8 Å². The normalized spacial score (nSPS) is 14.7. The molecule has 8 heteroatoms. The van der Waals surface area contributed by atoms with E-state index in [9.17, 15) is 13.2 Å². The van der Waals surface area contributed by atoms with Gasteiger partial charge in [-0.2, -0.15) is 4.31 Å². The monoisotopic (exact) mass is 460 g/mol. The first-order chi connectivity index (χ1) is 15.1. The lowest BCUT2D eigenvalue weighted by Crippen LogP contribution is -2.31. The molecule has 1 aliphatic rings. The van der Waals surface area contributed by atoms with Crippen LogP contribution in [0.15, 0.2) is 41.3 Å². The summed E-state index contributed by atoms with van der Waals surface area (Å²) in [6, 6.07) is 10.5. The van der Waals surface area contributed by atoms with Crippen LogP contribution in [0.5, 0.6) is 11.5 Å². The van der Waals surface area contributed by atoms with Gasteiger partial charge in [-0.1, -0.05) is 32.0 Å². The molecule has 0 fully saturated rings. The minimum absolute atomic E-state index is 0.118. The van der Waals surface area contributed by atoms with Gasteiger partial charge in [0.05, 0.1) is 11.4 Å². The third kappa shape index (κ3) is 5.07. The van der Waals surface area contributed by atoms with E-state index in [-0.39, 0.29) is 29.6 Å². The number of amides is 1. The number of hydrogen-bond donors (Lipinski definition) is 1. The van der Waals surface area contributed by atoms with E-state index in [1.165, 1.54) is 10.4 Å². The lowest BCUT2D eigenvalue weighted by Gasteiger charge is -2.19. The maximum absolute atomic E-state index is 12.8. The zero-order valence-corrected chi connectivity index (χ0v) is 20.2. The summed E-state index contributed by atoms with van der Waals surface area (Å²) in [6.07, 6.45) is 0.822. The molecule has 1 aliphatic heterocycles. The van der Waals surface area contributed by atoms with Gasteiger partial charge in [-0.05, 0) is 44.5 Å². The van der Waals surface area contributed by atoms with Gasteiger partial charge in [-0.3, -0.25) is 4.79 Å². The maximum atomic E-state index is 12.8. The molecule has 174 valence electrons. The molecular weight excluding hydrogens is 428 g/mol. The summed E-state index contributed by atoms with van der Waals surface area (Å²) < 4.78 is 38.8. The fraction of sp³-hybridized carbons (Fsp3) is 0.458. The molecule has 0 bridgehead atoms. The summed E-state index contributed by atoms with van der Waals surface area (Å²) in [5.41, 5.74) is 1.89. The van der Waals surface area contributed by atoms with Crippen LogP contribution >= 0.6 is 0 Å². The van der Waals surface area contributed by atoms with Crippen LogP contribution in [0.4, 0.5) is 0 Å². The third-order valence-corrected chi connectivity index (χ3v) is 7.54. The second-order valence-electron chi connectivity index (χ2n) is 8.45. The van der Waals surface area contributed by atoms with E-state index >= 15 is 0 Å². The van der Waals surface area contributed by atoms with Crippen LogP contribution < -0.4 is 14.8 Å². The van der Waals surface area contributed by atoms with Gasteiger partial charge >= 0.3 is 0 Å². The molecule has 0 saturated carbocycles. The molecule has 32 heavy (non-hydrogen) atoms. The highest BCUT2D eigenvalue weighted by atomic mass is 32.2. The van der Waals surface area contributed by atoms with E-state index in [1.807, 2.05) is 32.0 Å². The van der Waals surface area contributed by atoms with Crippen LogP contribution in [0.1, 0.15) is 49.2 Å². The summed E-state index contributed by atoms with van der Waals surface area (Å²) in [5.74, 6) is 1.08. The fourth-order valence-electron chi connectivity index (χ4n) is 3.84. The Labute approximate surface area is 190 Å². The van der Waals surface area contributed by atoms with E-state index in [0.717, 1.165) is 17.7 Å². The van der Waals surface area contributed by atoms with Crippen LogP contribution in [-0.2, 0) is 16.4 Å². The summed E-state index contributed by atoms with van der Waals surface area (Å²) in [7, 11) is -3.64. The summed E-state index contributed by atoms with van der Waals surface area (Å²) in [4.78, 5) is 12.9. The van der Waals surface area contributed by atoms with Crippen molar-refractivity contribution in [2.24, 2.45) is 0 Å². The highest BCUT2D eigenvalue weighted by molar-refractivity contribution is 7.89. The van der Waals surface area contributed by atoms with Crippen molar-refractivity contribution in [1.29, 1.82) is 0 Å². The molecule has 0 atom stereocenters. The maximum Gasteiger partial charge on any atom is 0.251 e. The number of nitrogens with one attached hydrogen (secondary N) is 1. The number of ether oxygens (including phenoxy) is 2. The van der Waals surface area contributed by atoms with Crippen molar-refractivity contribution in [3.05, 3.63) is 53.1 Å². The van der Waals surface area contributed by atoms with Crippen LogP contribution in [0, 0.1) is 6.92 Å². The number of nitrogens with zero attached hydrogens (tertiary/aromatic N) is 1. The highest BCUT2D eigenvalue weighted by Crippen LogP contribution is 2.41. The highest BCUT2D eigenvalue weighted by Gasteiger charge is 2.32. The Balaban J connectivity index is 1.64. The Hall–Kier alpha value is -2.58. The predicted molar refractivity (Wildman–Crippen MR) is 124 cm³/mol. The average molecular weight is 461 g/mol. The molecule has 0 aromatic heterocycles. The third-order valence-electron chi connectivity index (χ3n) is 5.50. The Morgan fingerprint density at radius 3 is 2.59 bits per heavy atom. The molecule has 1 amide bonds. The van der Waals surface area contributed by atoms with Crippen LogP contribution in [0.25, 0.3) is 0 Å². The zero-order chi connectivity index (χ0) is 23.5. The topological polar surface area (TPSA) is 84.9 Å². The van der Waals surface area contributed by atoms with Crippen molar-refractivity contribution in [1.82, 2.24) is 9.62 Å². The fourth-order valence-corrected chi connectivity index (χ4v) is 5.33. The minimum Gasteiger partial charge on any atom is -0.488 e. The Morgan fingerprint density at radius 2 is 1.91 bits per heavy atom. The van der Waals surface area contributed by atoms with Crippen molar-refractivity contribution in [3.8, 4) is 11.5 Å². The summed E-state index contributed by atoms with van der Waals surface area (Å²) in [5, 5.41) is 2.82. The standard InChI is InChI=1S/C24H32N2O5S/c1-6-26(7-2)32(28,29)19-12-11-17(3)20(15-19)23(27)25-13-14-30-21-10-8-9-18-16-24(4,5)31-22(18)21/h8-12,15H,6-7,13-14,16H2,1-5H3,(H,25,27). The molecule has 0 spiro atoms. The number of benzene rings is 2. The van der Waals surface area contributed by atoms with Crippen molar-refractivity contribution >= 4 is 15.9 Å². The van der Waals surface area contributed by atoms with Crippen molar-refractivity contribution in [2.75, 3.05) is 26.2 Å². The van der Waals surface area contributed by atoms with Crippen molar-refractivity contribution in [3.63, 3.8) is 0 Å². The van der Waals surface area contributed by atoms with Crippen LogP contribution in [0.3, 0.4) is 0 Å². The number of hydrogen-bond acceptors (Lipinski definition) is 5. The molecule has 0 radical (unpaired) electrons. The first kappa shape index (κ1) is 24.1. The lowest BCUT2D eigenvalue weighted by molar-refractivity contribution is 0.0945. The zero-order valence-electron chi connectivity index (χ0n) is 19.4. The summed E-state index contributed by atoms with van der Waals surface area (Å²) >= 11 is 0. The van der Waals surface area contributed by atoms with Gasteiger partial charge in [0.1, 0.15) is 12.2 Å². The molecule has 1 N–H and O–H groups in total. The quantitative estimate of drug-likeness (QED) is 0.579. The number of carbonyl (C=O) groups is 1. The second-order valence-corrected chi connectivity index (χ2v) is 10.4.